The zero-order valence-corrected chi connectivity index (χ0v) is 9.99. The maximum atomic E-state index is 11.6. The lowest BCUT2D eigenvalue weighted by Crippen LogP contribution is -2.59. The number of thioether (sulfide) groups is 1. The van der Waals surface area contributed by atoms with E-state index in [1.54, 1.807) is 11.8 Å². The van der Waals surface area contributed by atoms with Crippen LogP contribution in [0.25, 0.3) is 0 Å². The number of piperazine rings is 1. The lowest BCUT2D eigenvalue weighted by Gasteiger charge is -2.30. The second-order valence-corrected chi connectivity index (χ2v) is 5.16. The van der Waals surface area contributed by atoms with E-state index in [1.165, 1.54) is 0 Å². The van der Waals surface area contributed by atoms with Crippen LogP contribution in [-0.4, -0.2) is 36.5 Å². The highest BCUT2D eigenvalue weighted by Gasteiger charge is 2.27. The van der Waals surface area contributed by atoms with Crippen LogP contribution < -0.4 is 10.6 Å². The van der Waals surface area contributed by atoms with Gasteiger partial charge in [-0.3, -0.25) is 4.79 Å². The van der Waals surface area contributed by atoms with Crippen molar-refractivity contribution in [3.05, 3.63) is 0 Å². The van der Waals surface area contributed by atoms with Crippen LogP contribution in [0.4, 0.5) is 0 Å². The fourth-order valence-electron chi connectivity index (χ4n) is 1.69. The Labute approximate surface area is 90.4 Å². The largest absolute Gasteiger partial charge is 0.350 e. The van der Waals surface area contributed by atoms with Gasteiger partial charge in [-0.2, -0.15) is 11.8 Å². The normalized spacial score (nSPS) is 27.9. The van der Waals surface area contributed by atoms with E-state index in [1.807, 2.05) is 0 Å². The smallest absolute Gasteiger partial charge is 0.237 e. The van der Waals surface area contributed by atoms with Crippen molar-refractivity contribution in [3.63, 3.8) is 0 Å². The fraction of sp³-hybridized carbons (Fsp3) is 0.900. The number of hydrogen-bond acceptors (Lipinski definition) is 3. The highest BCUT2D eigenvalue weighted by molar-refractivity contribution is 7.98. The van der Waals surface area contributed by atoms with Gasteiger partial charge in [-0.15, -0.1) is 0 Å². The quantitative estimate of drug-likeness (QED) is 0.732. The van der Waals surface area contributed by atoms with Gasteiger partial charge < -0.3 is 10.6 Å². The van der Waals surface area contributed by atoms with Gasteiger partial charge in [0.05, 0.1) is 12.1 Å². The molecule has 2 unspecified atom stereocenters. The van der Waals surface area contributed by atoms with Crippen molar-refractivity contribution < 1.29 is 4.79 Å². The molecule has 1 amide bonds. The summed E-state index contributed by atoms with van der Waals surface area (Å²) in [6.45, 7) is 5.19. The minimum absolute atomic E-state index is 0.0214. The molecule has 0 aromatic rings. The molecule has 0 spiro atoms. The van der Waals surface area contributed by atoms with E-state index in [9.17, 15) is 4.79 Å². The van der Waals surface area contributed by atoms with E-state index < -0.39 is 0 Å². The van der Waals surface area contributed by atoms with Crippen LogP contribution in [0.2, 0.25) is 0 Å². The predicted molar refractivity (Wildman–Crippen MR) is 61.6 cm³/mol. The molecule has 0 aromatic heterocycles. The van der Waals surface area contributed by atoms with E-state index in [-0.39, 0.29) is 11.9 Å². The number of carbonyl (C=O) groups is 1. The third-order valence-electron chi connectivity index (χ3n) is 2.35. The fourth-order valence-corrected chi connectivity index (χ4v) is 2.30. The molecular formula is C10H20N2OS. The Kier molecular flexibility index (Phi) is 4.75. The van der Waals surface area contributed by atoms with Crippen molar-refractivity contribution in [2.24, 2.45) is 5.92 Å². The third kappa shape index (κ3) is 3.50. The monoisotopic (exact) mass is 216 g/mol. The Morgan fingerprint density at radius 2 is 2.29 bits per heavy atom. The molecule has 1 saturated heterocycles. The van der Waals surface area contributed by atoms with Gasteiger partial charge in [-0.25, -0.2) is 0 Å². The molecule has 0 aromatic carbocycles. The summed E-state index contributed by atoms with van der Waals surface area (Å²) in [4.78, 5) is 11.6. The van der Waals surface area contributed by atoms with Crippen molar-refractivity contribution in [2.45, 2.75) is 32.4 Å². The van der Waals surface area contributed by atoms with Gasteiger partial charge in [0.25, 0.3) is 0 Å². The van der Waals surface area contributed by atoms with E-state index in [4.69, 9.17) is 0 Å². The summed E-state index contributed by atoms with van der Waals surface area (Å²) >= 11 is 1.77. The van der Waals surface area contributed by atoms with Crippen LogP contribution in [-0.2, 0) is 4.79 Å². The van der Waals surface area contributed by atoms with Crippen molar-refractivity contribution in [1.29, 1.82) is 0 Å². The number of hydrogen-bond donors (Lipinski definition) is 2. The van der Waals surface area contributed by atoms with Crippen LogP contribution >= 0.6 is 11.8 Å². The van der Waals surface area contributed by atoms with Gasteiger partial charge in [0.15, 0.2) is 0 Å². The first-order valence-corrected chi connectivity index (χ1v) is 6.55. The molecule has 1 aliphatic rings. The van der Waals surface area contributed by atoms with Crippen LogP contribution in [0.15, 0.2) is 0 Å². The number of nitrogens with one attached hydrogen (secondary N) is 2. The molecule has 1 heterocycles. The zero-order chi connectivity index (χ0) is 10.6. The number of rotatable bonds is 4. The number of carbonyl (C=O) groups excluding carboxylic acids is 1. The van der Waals surface area contributed by atoms with Gasteiger partial charge >= 0.3 is 0 Å². The van der Waals surface area contributed by atoms with Gasteiger partial charge in [0.2, 0.25) is 5.91 Å². The summed E-state index contributed by atoms with van der Waals surface area (Å²) in [6.07, 6.45) is 2.99. The third-order valence-corrected chi connectivity index (χ3v) is 3.08. The molecule has 1 fully saturated rings. The van der Waals surface area contributed by atoms with Crippen molar-refractivity contribution in [2.75, 3.05) is 18.6 Å². The van der Waals surface area contributed by atoms with E-state index in [0.29, 0.717) is 12.0 Å². The maximum absolute atomic E-state index is 11.6. The first-order chi connectivity index (χ1) is 6.63. The molecule has 1 aliphatic heterocycles. The summed E-state index contributed by atoms with van der Waals surface area (Å²) in [7, 11) is 0. The second kappa shape index (κ2) is 5.61. The minimum atomic E-state index is 0.0214. The van der Waals surface area contributed by atoms with E-state index in [2.05, 4.69) is 30.7 Å². The van der Waals surface area contributed by atoms with Crippen molar-refractivity contribution in [3.8, 4) is 0 Å². The standard InChI is InChI=1S/C10H20N2OS/c1-7(2)4-9-10(13)12-8(5-11-9)6-14-3/h7-9,11H,4-6H2,1-3H3,(H,12,13). The van der Waals surface area contributed by atoms with Gasteiger partial charge in [0.1, 0.15) is 0 Å². The molecule has 3 nitrogen and oxygen atoms in total. The molecular weight excluding hydrogens is 196 g/mol. The molecule has 0 aliphatic carbocycles. The molecule has 1 rings (SSSR count). The Hall–Kier alpha value is -0.220. The average Bonchev–Trinajstić information content (AvgIpc) is 2.10. The van der Waals surface area contributed by atoms with Crippen LogP contribution in [0, 0.1) is 5.92 Å². The first-order valence-electron chi connectivity index (χ1n) is 5.16. The van der Waals surface area contributed by atoms with E-state index >= 15 is 0 Å². The van der Waals surface area contributed by atoms with Crippen molar-refractivity contribution in [1.82, 2.24) is 10.6 Å². The molecule has 2 atom stereocenters. The zero-order valence-electron chi connectivity index (χ0n) is 9.17. The molecule has 82 valence electrons. The second-order valence-electron chi connectivity index (χ2n) is 4.25. The SMILES string of the molecule is CSCC1CNC(CC(C)C)C(=O)N1. The highest BCUT2D eigenvalue weighted by Crippen LogP contribution is 2.09. The molecule has 4 heteroatoms. The molecule has 14 heavy (non-hydrogen) atoms. The van der Waals surface area contributed by atoms with Crippen LogP contribution in [0.1, 0.15) is 20.3 Å². The Bertz CT molecular complexity index is 197. The number of amides is 1. The highest BCUT2D eigenvalue weighted by atomic mass is 32.2. The Balaban J connectivity index is 2.36. The average molecular weight is 216 g/mol. The summed E-state index contributed by atoms with van der Waals surface area (Å²) in [5.41, 5.74) is 0. The van der Waals surface area contributed by atoms with Gasteiger partial charge in [-0.05, 0) is 18.6 Å². The molecule has 0 saturated carbocycles. The predicted octanol–water partition coefficient (Wildman–Crippen LogP) is 0.852. The summed E-state index contributed by atoms with van der Waals surface area (Å²) in [5, 5.41) is 6.36. The topological polar surface area (TPSA) is 41.1 Å². The van der Waals surface area contributed by atoms with Gasteiger partial charge in [-0.1, -0.05) is 13.8 Å². The lowest BCUT2D eigenvalue weighted by atomic mass is 10.0. The maximum Gasteiger partial charge on any atom is 0.237 e. The summed E-state index contributed by atoms with van der Waals surface area (Å²) < 4.78 is 0. The minimum Gasteiger partial charge on any atom is -0.350 e. The molecule has 0 bridgehead atoms. The first kappa shape index (κ1) is 11.9. The summed E-state index contributed by atoms with van der Waals surface area (Å²) in [6, 6.07) is 0.328. The Morgan fingerprint density at radius 3 is 2.79 bits per heavy atom. The Morgan fingerprint density at radius 1 is 1.57 bits per heavy atom. The van der Waals surface area contributed by atoms with Gasteiger partial charge in [0, 0.05) is 12.3 Å². The molecule has 2 N–H and O–H groups in total. The lowest BCUT2D eigenvalue weighted by molar-refractivity contribution is -0.125. The summed E-state index contributed by atoms with van der Waals surface area (Å²) in [5.74, 6) is 1.73. The van der Waals surface area contributed by atoms with Crippen LogP contribution in [0.5, 0.6) is 0 Å². The van der Waals surface area contributed by atoms with Crippen molar-refractivity contribution >= 4 is 17.7 Å². The van der Waals surface area contributed by atoms with Crippen LogP contribution in [0.3, 0.4) is 0 Å². The van der Waals surface area contributed by atoms with E-state index in [0.717, 1.165) is 18.7 Å². The molecule has 0 radical (unpaired) electrons.